The second kappa shape index (κ2) is 11.5. The summed E-state index contributed by atoms with van der Waals surface area (Å²) in [6.07, 6.45) is 3.19. The molecule has 2 aromatic carbocycles. The number of nitrogens with one attached hydrogen (secondary N) is 1. The quantitative estimate of drug-likeness (QED) is 0.240. The molecular formula is C29H27F3N6O4. The Labute approximate surface area is 238 Å². The second-order valence-electron chi connectivity index (χ2n) is 9.20. The number of amides is 1. The summed E-state index contributed by atoms with van der Waals surface area (Å²) in [6, 6.07) is 12.8. The molecule has 0 fully saturated rings. The number of anilines is 1. The summed E-state index contributed by atoms with van der Waals surface area (Å²) >= 11 is 0. The topological polar surface area (TPSA) is 116 Å². The maximum atomic E-state index is 15.6. The summed E-state index contributed by atoms with van der Waals surface area (Å²) in [6.45, 7) is 1.42. The smallest absolute Gasteiger partial charge is 0.387 e. The summed E-state index contributed by atoms with van der Waals surface area (Å²) in [5, 5.41) is 19.3. The first kappa shape index (κ1) is 28.6. The van der Waals surface area contributed by atoms with Gasteiger partial charge in [0.25, 0.3) is 5.91 Å². The van der Waals surface area contributed by atoms with Crippen LogP contribution in [0.25, 0.3) is 11.2 Å². The van der Waals surface area contributed by atoms with Crippen LogP contribution in [0.1, 0.15) is 41.2 Å². The largest absolute Gasteiger partial charge is 0.480 e. The highest BCUT2D eigenvalue weighted by atomic mass is 19.3. The van der Waals surface area contributed by atoms with Gasteiger partial charge in [0.05, 0.1) is 24.5 Å². The lowest BCUT2D eigenvalue weighted by Crippen LogP contribution is -2.33. The van der Waals surface area contributed by atoms with Crippen LogP contribution >= 0.6 is 0 Å². The Morgan fingerprint density at radius 1 is 1.10 bits per heavy atom. The van der Waals surface area contributed by atoms with Crippen LogP contribution in [-0.2, 0) is 18.7 Å². The number of aromatic nitrogens is 5. The molecule has 2 N–H and O–H groups in total. The second-order valence-corrected chi connectivity index (χ2v) is 9.20. The lowest BCUT2D eigenvalue weighted by molar-refractivity contribution is -0.0500. The highest BCUT2D eigenvalue weighted by Crippen LogP contribution is 2.40. The molecule has 5 rings (SSSR count). The minimum Gasteiger partial charge on any atom is -0.480 e. The fourth-order valence-corrected chi connectivity index (χ4v) is 4.80. The predicted octanol–water partition coefficient (Wildman–Crippen LogP) is 4.95. The van der Waals surface area contributed by atoms with Crippen molar-refractivity contribution in [2.45, 2.75) is 39.1 Å². The molecule has 13 heteroatoms. The molecule has 0 saturated carbocycles. The lowest BCUT2D eigenvalue weighted by Gasteiger charge is -2.30. The highest BCUT2D eigenvalue weighted by molar-refractivity contribution is 6.07. The number of halogens is 3. The standard InChI is InChI=1S/C29H27F3N6O4/c1-4-37-16-18(15-33-37)34-25(39)20-14-23-24(35-26(20)41-3)36-27(38(23)5-2)29(40,17-9-7-6-8-10-17)21-12-11-19(13-22(21)30)42-28(31)32/h6-16,28,40H,4-5H2,1-3H3,(H,34,39). The SMILES string of the molecule is CCn1cc(NC(=O)c2cc3c(nc2OC)nc(C(O)(c2ccccc2)c2ccc(OC(F)F)cc2F)n3CC)cn1. The van der Waals surface area contributed by atoms with Gasteiger partial charge < -0.3 is 24.5 Å². The number of carbonyl (C=O) groups is 1. The maximum Gasteiger partial charge on any atom is 0.387 e. The van der Waals surface area contributed by atoms with Gasteiger partial charge in [-0.15, -0.1) is 0 Å². The number of aliphatic hydroxyl groups is 1. The molecule has 0 aliphatic carbocycles. The van der Waals surface area contributed by atoms with Crippen molar-refractivity contribution in [3.63, 3.8) is 0 Å². The first-order chi connectivity index (χ1) is 20.2. The van der Waals surface area contributed by atoms with E-state index in [-0.39, 0.29) is 40.6 Å². The van der Waals surface area contributed by atoms with Crippen molar-refractivity contribution in [1.82, 2.24) is 24.3 Å². The normalized spacial score (nSPS) is 12.9. The van der Waals surface area contributed by atoms with Crippen LogP contribution in [0.4, 0.5) is 18.9 Å². The molecule has 1 unspecified atom stereocenters. The predicted molar refractivity (Wildman–Crippen MR) is 147 cm³/mol. The third kappa shape index (κ3) is 5.14. The van der Waals surface area contributed by atoms with Crippen molar-refractivity contribution in [2.75, 3.05) is 12.4 Å². The number of ether oxygens (including phenoxy) is 2. The van der Waals surface area contributed by atoms with E-state index in [0.717, 1.165) is 12.1 Å². The van der Waals surface area contributed by atoms with Gasteiger partial charge in [0.15, 0.2) is 17.1 Å². The number of nitrogens with zero attached hydrogens (tertiary/aromatic N) is 5. The summed E-state index contributed by atoms with van der Waals surface area (Å²) in [7, 11) is 1.36. The van der Waals surface area contributed by atoms with Gasteiger partial charge in [-0.05, 0) is 37.6 Å². The van der Waals surface area contributed by atoms with E-state index in [4.69, 9.17) is 4.74 Å². The Balaban J connectivity index is 1.68. The van der Waals surface area contributed by atoms with Gasteiger partial charge in [-0.3, -0.25) is 9.48 Å². The van der Waals surface area contributed by atoms with E-state index in [1.165, 1.54) is 25.4 Å². The van der Waals surface area contributed by atoms with Gasteiger partial charge in [-0.1, -0.05) is 30.3 Å². The molecular weight excluding hydrogens is 553 g/mol. The van der Waals surface area contributed by atoms with E-state index < -0.39 is 29.7 Å². The fraction of sp³-hybridized carbons (Fsp3) is 0.241. The van der Waals surface area contributed by atoms with Crippen molar-refractivity contribution >= 4 is 22.8 Å². The van der Waals surface area contributed by atoms with E-state index in [1.54, 1.807) is 52.7 Å². The molecule has 218 valence electrons. The minimum absolute atomic E-state index is 0.0102. The van der Waals surface area contributed by atoms with Gasteiger partial charge in [-0.2, -0.15) is 18.9 Å². The van der Waals surface area contributed by atoms with E-state index in [1.807, 2.05) is 6.92 Å². The molecule has 1 amide bonds. The van der Waals surface area contributed by atoms with Crippen LogP contribution in [0.15, 0.2) is 67.0 Å². The Morgan fingerprint density at radius 3 is 2.48 bits per heavy atom. The number of fused-ring (bicyclic) bond motifs is 1. The van der Waals surface area contributed by atoms with Crippen LogP contribution < -0.4 is 14.8 Å². The first-order valence-electron chi connectivity index (χ1n) is 13.0. The summed E-state index contributed by atoms with van der Waals surface area (Å²) in [5.41, 5.74) is -1.12. The zero-order valence-corrected chi connectivity index (χ0v) is 22.9. The number of aryl methyl sites for hydroxylation is 2. The number of rotatable bonds is 10. The molecule has 3 aromatic heterocycles. The average Bonchev–Trinajstić information content (AvgIpc) is 3.60. The van der Waals surface area contributed by atoms with Crippen LogP contribution in [0, 0.1) is 5.82 Å². The molecule has 0 spiro atoms. The molecule has 1 atom stereocenters. The third-order valence-corrected chi connectivity index (χ3v) is 6.75. The maximum absolute atomic E-state index is 15.6. The zero-order valence-electron chi connectivity index (χ0n) is 22.9. The molecule has 10 nitrogen and oxygen atoms in total. The molecule has 0 bridgehead atoms. The molecule has 5 aromatic rings. The van der Waals surface area contributed by atoms with Crippen LogP contribution in [0.3, 0.4) is 0 Å². The monoisotopic (exact) mass is 580 g/mol. The summed E-state index contributed by atoms with van der Waals surface area (Å²) in [5.74, 6) is -1.94. The van der Waals surface area contributed by atoms with E-state index in [9.17, 15) is 18.7 Å². The van der Waals surface area contributed by atoms with Crippen LogP contribution in [0.5, 0.6) is 11.6 Å². The van der Waals surface area contributed by atoms with Crippen LogP contribution in [-0.4, -0.2) is 49.1 Å². The number of benzene rings is 2. The van der Waals surface area contributed by atoms with Gasteiger partial charge in [-0.25, -0.2) is 9.37 Å². The third-order valence-electron chi connectivity index (χ3n) is 6.75. The summed E-state index contributed by atoms with van der Waals surface area (Å²) in [4.78, 5) is 22.3. The molecule has 42 heavy (non-hydrogen) atoms. The average molecular weight is 581 g/mol. The zero-order chi connectivity index (χ0) is 30.0. The van der Waals surface area contributed by atoms with Crippen molar-refractivity contribution in [2.24, 2.45) is 0 Å². The number of hydrogen-bond donors (Lipinski definition) is 2. The number of carbonyl (C=O) groups excluding carboxylic acids is 1. The molecule has 0 saturated heterocycles. The van der Waals surface area contributed by atoms with Crippen molar-refractivity contribution in [1.29, 1.82) is 0 Å². The summed E-state index contributed by atoms with van der Waals surface area (Å²) < 4.78 is 54.1. The Bertz CT molecular complexity index is 1740. The highest BCUT2D eigenvalue weighted by Gasteiger charge is 2.41. The van der Waals surface area contributed by atoms with E-state index in [0.29, 0.717) is 17.7 Å². The van der Waals surface area contributed by atoms with Gasteiger partial charge in [0.2, 0.25) is 5.88 Å². The Hall–Kier alpha value is -4.91. The molecule has 0 aliphatic rings. The first-order valence-corrected chi connectivity index (χ1v) is 13.0. The molecule has 0 aliphatic heterocycles. The van der Waals surface area contributed by atoms with Gasteiger partial charge in [0.1, 0.15) is 17.1 Å². The molecule has 0 radical (unpaired) electrons. The fourth-order valence-electron chi connectivity index (χ4n) is 4.80. The number of alkyl halides is 2. The van der Waals surface area contributed by atoms with Crippen LogP contribution in [0.2, 0.25) is 0 Å². The van der Waals surface area contributed by atoms with Gasteiger partial charge in [0, 0.05) is 30.9 Å². The van der Waals surface area contributed by atoms with Crippen molar-refractivity contribution < 1.29 is 32.5 Å². The van der Waals surface area contributed by atoms with Crippen molar-refractivity contribution in [3.8, 4) is 11.6 Å². The number of methoxy groups -OCH3 is 1. The number of hydrogen-bond acceptors (Lipinski definition) is 7. The Kier molecular flexibility index (Phi) is 7.85. The Morgan fingerprint density at radius 2 is 1.86 bits per heavy atom. The van der Waals surface area contributed by atoms with E-state index in [2.05, 4.69) is 25.1 Å². The molecule has 3 heterocycles. The lowest BCUT2D eigenvalue weighted by atomic mass is 9.85. The number of pyridine rings is 1. The van der Waals surface area contributed by atoms with Gasteiger partial charge >= 0.3 is 6.61 Å². The minimum atomic E-state index is -3.15. The number of imidazole rings is 1. The van der Waals surface area contributed by atoms with E-state index >= 15 is 4.39 Å². The van der Waals surface area contributed by atoms with Crippen molar-refractivity contribution in [3.05, 3.63) is 95.3 Å².